The largest absolute Gasteiger partial charge is 0.392 e. The van der Waals surface area contributed by atoms with Crippen LogP contribution in [0.25, 0.3) is 0 Å². The van der Waals surface area contributed by atoms with E-state index in [1.807, 2.05) is 0 Å². The number of nitrogens with zero attached hydrogens (tertiary/aromatic N) is 1. The minimum atomic E-state index is -0.0980. The van der Waals surface area contributed by atoms with Crippen molar-refractivity contribution in [2.24, 2.45) is 0 Å². The number of aromatic nitrogens is 1. The third-order valence-corrected chi connectivity index (χ3v) is 1.46. The number of aliphatic hydroxyl groups excluding tert-OH is 2. The lowest BCUT2D eigenvalue weighted by Crippen LogP contribution is -1.97. The standard InChI is InChI=1S/C8H10NO2/c1-6-2-7(4-10)8(5-11)3-9-6/h3,10-11H,4-5H2,1H3. The van der Waals surface area contributed by atoms with E-state index in [0.717, 1.165) is 5.69 Å². The highest BCUT2D eigenvalue weighted by Gasteiger charge is 2.00. The smallest absolute Gasteiger partial charge is 0.0700 e. The summed E-state index contributed by atoms with van der Waals surface area (Å²) in [5.41, 5.74) is 1.99. The van der Waals surface area contributed by atoms with Gasteiger partial charge in [0.2, 0.25) is 0 Å². The molecule has 0 bridgehead atoms. The van der Waals surface area contributed by atoms with Crippen LogP contribution in [0.3, 0.4) is 0 Å². The van der Waals surface area contributed by atoms with Crippen LogP contribution in [0.5, 0.6) is 0 Å². The van der Waals surface area contributed by atoms with Crippen molar-refractivity contribution < 1.29 is 10.2 Å². The van der Waals surface area contributed by atoms with E-state index in [9.17, 15) is 0 Å². The predicted molar refractivity (Wildman–Crippen MR) is 39.7 cm³/mol. The van der Waals surface area contributed by atoms with Gasteiger partial charge in [0.1, 0.15) is 0 Å². The minimum Gasteiger partial charge on any atom is -0.392 e. The summed E-state index contributed by atoms with van der Waals surface area (Å²) in [7, 11) is 0. The Labute approximate surface area is 65.3 Å². The van der Waals surface area contributed by atoms with E-state index in [-0.39, 0.29) is 13.2 Å². The molecule has 2 N–H and O–H groups in total. The van der Waals surface area contributed by atoms with Crippen molar-refractivity contribution in [3.8, 4) is 0 Å². The molecule has 11 heavy (non-hydrogen) atoms. The van der Waals surface area contributed by atoms with Crippen LogP contribution >= 0.6 is 0 Å². The molecule has 3 heteroatoms. The molecule has 0 fully saturated rings. The van der Waals surface area contributed by atoms with Crippen LogP contribution in [0.1, 0.15) is 16.8 Å². The van der Waals surface area contributed by atoms with Gasteiger partial charge >= 0.3 is 0 Å². The van der Waals surface area contributed by atoms with Gasteiger partial charge in [-0.25, -0.2) is 0 Å². The van der Waals surface area contributed by atoms with Gasteiger partial charge < -0.3 is 10.2 Å². The average molecular weight is 152 g/mol. The van der Waals surface area contributed by atoms with Crippen LogP contribution in [0.15, 0.2) is 6.20 Å². The molecular weight excluding hydrogens is 142 g/mol. The van der Waals surface area contributed by atoms with Crippen molar-refractivity contribution in [1.29, 1.82) is 0 Å². The Morgan fingerprint density at radius 2 is 2.18 bits per heavy atom. The lowest BCUT2D eigenvalue weighted by molar-refractivity contribution is 0.259. The fourth-order valence-electron chi connectivity index (χ4n) is 0.861. The monoisotopic (exact) mass is 152 g/mol. The molecule has 1 heterocycles. The Morgan fingerprint density at radius 1 is 1.45 bits per heavy atom. The first-order valence-electron chi connectivity index (χ1n) is 3.36. The Hall–Kier alpha value is -0.930. The van der Waals surface area contributed by atoms with Crippen molar-refractivity contribution in [3.63, 3.8) is 0 Å². The highest BCUT2D eigenvalue weighted by atomic mass is 16.3. The first-order valence-corrected chi connectivity index (χ1v) is 3.36. The maximum absolute atomic E-state index is 8.80. The van der Waals surface area contributed by atoms with Crippen LogP contribution in [0.4, 0.5) is 0 Å². The molecular formula is C8H10NO2. The summed E-state index contributed by atoms with van der Waals surface area (Å²) >= 11 is 0. The number of hydrogen-bond donors (Lipinski definition) is 2. The van der Waals surface area contributed by atoms with Crippen LogP contribution in [-0.2, 0) is 13.2 Å². The average Bonchev–Trinajstić information content (AvgIpc) is 2.04. The molecule has 1 aromatic rings. The van der Waals surface area contributed by atoms with Crippen molar-refractivity contribution in [1.82, 2.24) is 4.98 Å². The van der Waals surface area contributed by atoms with E-state index in [1.54, 1.807) is 13.1 Å². The highest BCUT2D eigenvalue weighted by Crippen LogP contribution is 2.07. The van der Waals surface area contributed by atoms with Crippen LogP contribution in [0.2, 0.25) is 0 Å². The number of aliphatic hydroxyl groups is 2. The van der Waals surface area contributed by atoms with Crippen molar-refractivity contribution >= 4 is 0 Å². The zero-order valence-electron chi connectivity index (χ0n) is 6.33. The van der Waals surface area contributed by atoms with Gasteiger partial charge in [0.15, 0.2) is 0 Å². The van der Waals surface area contributed by atoms with Gasteiger partial charge in [-0.2, -0.15) is 0 Å². The van der Waals surface area contributed by atoms with E-state index in [2.05, 4.69) is 11.1 Å². The summed E-state index contributed by atoms with van der Waals surface area (Å²) < 4.78 is 0. The zero-order valence-corrected chi connectivity index (χ0v) is 6.33. The number of pyridine rings is 1. The van der Waals surface area contributed by atoms with Gasteiger partial charge in [-0.05, 0) is 12.5 Å². The summed E-state index contributed by atoms with van der Waals surface area (Å²) in [6, 6.07) is 2.86. The third kappa shape index (κ3) is 1.76. The molecule has 3 nitrogen and oxygen atoms in total. The van der Waals surface area contributed by atoms with E-state index >= 15 is 0 Å². The molecule has 0 aliphatic carbocycles. The normalized spacial score (nSPS) is 10.1. The van der Waals surface area contributed by atoms with Gasteiger partial charge in [0.25, 0.3) is 0 Å². The summed E-state index contributed by atoms with van der Waals surface area (Å²) in [6.45, 7) is 1.60. The lowest BCUT2D eigenvalue weighted by Gasteiger charge is -2.02. The van der Waals surface area contributed by atoms with Gasteiger partial charge in [-0.3, -0.25) is 4.98 Å². The molecule has 0 aliphatic rings. The third-order valence-electron chi connectivity index (χ3n) is 1.46. The molecule has 0 aromatic carbocycles. The Balaban J connectivity index is 3.06. The van der Waals surface area contributed by atoms with Gasteiger partial charge in [0, 0.05) is 23.5 Å². The highest BCUT2D eigenvalue weighted by molar-refractivity contribution is 5.23. The maximum Gasteiger partial charge on any atom is 0.0700 e. The Morgan fingerprint density at radius 3 is 2.73 bits per heavy atom. The van der Waals surface area contributed by atoms with Crippen molar-refractivity contribution in [2.45, 2.75) is 20.1 Å². The van der Waals surface area contributed by atoms with Crippen molar-refractivity contribution in [3.05, 3.63) is 29.1 Å². The Bertz CT molecular complexity index is 248. The molecule has 0 unspecified atom stereocenters. The Kier molecular flexibility index (Phi) is 2.57. The molecule has 1 rings (SSSR count). The van der Waals surface area contributed by atoms with Gasteiger partial charge in [0.05, 0.1) is 13.2 Å². The summed E-state index contributed by atoms with van der Waals surface area (Å²) in [6.07, 6.45) is 1.55. The minimum absolute atomic E-state index is 0.0975. The second-order valence-corrected chi connectivity index (χ2v) is 2.29. The molecule has 0 spiro atoms. The quantitative estimate of drug-likeness (QED) is 0.635. The van der Waals surface area contributed by atoms with Gasteiger partial charge in [-0.15, -0.1) is 0 Å². The van der Waals surface area contributed by atoms with E-state index in [1.165, 1.54) is 0 Å². The number of hydrogen-bond acceptors (Lipinski definition) is 3. The van der Waals surface area contributed by atoms with E-state index < -0.39 is 0 Å². The SMILES string of the molecule is Cc1[c]c(CO)c(CO)cn1. The fraction of sp³-hybridized carbons (Fsp3) is 0.375. The molecule has 59 valence electrons. The van der Waals surface area contributed by atoms with Crippen LogP contribution < -0.4 is 0 Å². The molecule has 0 saturated heterocycles. The summed E-state index contributed by atoms with van der Waals surface area (Å²) in [5, 5.41) is 17.6. The first kappa shape index (κ1) is 8.17. The lowest BCUT2D eigenvalue weighted by atomic mass is 10.1. The van der Waals surface area contributed by atoms with Gasteiger partial charge in [-0.1, -0.05) is 0 Å². The molecule has 0 atom stereocenters. The second-order valence-electron chi connectivity index (χ2n) is 2.29. The number of rotatable bonds is 2. The molecule has 1 aromatic heterocycles. The molecule has 0 amide bonds. The second kappa shape index (κ2) is 3.46. The van der Waals surface area contributed by atoms with Crippen molar-refractivity contribution in [2.75, 3.05) is 0 Å². The number of aryl methyl sites for hydroxylation is 1. The zero-order chi connectivity index (χ0) is 8.27. The molecule has 0 saturated carbocycles. The van der Waals surface area contributed by atoms with E-state index in [4.69, 9.17) is 10.2 Å². The van der Waals surface area contributed by atoms with Crippen LogP contribution in [0, 0.1) is 13.0 Å². The summed E-state index contributed by atoms with van der Waals surface area (Å²) in [5.74, 6) is 0. The van der Waals surface area contributed by atoms with E-state index in [0.29, 0.717) is 11.1 Å². The first-order chi connectivity index (χ1) is 5.27. The topological polar surface area (TPSA) is 53.4 Å². The molecule has 0 aliphatic heterocycles. The summed E-state index contributed by atoms with van der Waals surface area (Å²) in [4.78, 5) is 3.93. The fourth-order valence-corrected chi connectivity index (χ4v) is 0.861. The van der Waals surface area contributed by atoms with Crippen LogP contribution in [-0.4, -0.2) is 15.2 Å². The maximum atomic E-state index is 8.80. The predicted octanol–water partition coefficient (Wildman–Crippen LogP) is 0.175. The molecule has 1 radical (unpaired) electrons.